The summed E-state index contributed by atoms with van der Waals surface area (Å²) >= 11 is 0. The monoisotopic (exact) mass is 445 g/mol. The smallest absolute Gasteiger partial charge is 0.243 e. The predicted molar refractivity (Wildman–Crippen MR) is 119 cm³/mol. The molecule has 0 saturated carbocycles. The number of carbonyl (C=O) groups is 1. The van der Waals surface area contributed by atoms with E-state index in [1.165, 1.54) is 29.3 Å². The Morgan fingerprint density at radius 3 is 2.26 bits per heavy atom. The molecule has 0 bridgehead atoms. The number of halogens is 1. The number of hydrogen-bond acceptors (Lipinski definition) is 4. The first-order valence-corrected chi connectivity index (χ1v) is 12.2. The molecule has 1 atom stereocenters. The number of nitrogens with one attached hydrogen (secondary N) is 1. The van der Waals surface area contributed by atoms with Crippen molar-refractivity contribution in [3.05, 3.63) is 54.3 Å². The standard InChI is InChI=1S/C23H28FN3O3S/c1-17-12-15-26(16-13-17)20-8-6-19(7-9-20)25-23(28)22-3-2-14-27(22)31(29,30)21-10-4-18(24)5-11-21/h4-11,17,22H,2-3,12-16H2,1H3,(H,25,28)/t22-/m0/s1. The quantitative estimate of drug-likeness (QED) is 0.759. The van der Waals surface area contributed by atoms with Gasteiger partial charge in [0.05, 0.1) is 4.90 Å². The summed E-state index contributed by atoms with van der Waals surface area (Å²) in [7, 11) is -3.87. The van der Waals surface area contributed by atoms with E-state index in [-0.39, 0.29) is 17.3 Å². The lowest BCUT2D eigenvalue weighted by Crippen LogP contribution is -2.43. The number of benzene rings is 2. The fourth-order valence-electron chi connectivity index (χ4n) is 4.28. The van der Waals surface area contributed by atoms with Crippen LogP contribution in [0.3, 0.4) is 0 Å². The fourth-order valence-corrected chi connectivity index (χ4v) is 5.94. The molecule has 2 heterocycles. The Balaban J connectivity index is 1.43. The molecule has 2 aromatic rings. The second-order valence-corrected chi connectivity index (χ2v) is 10.3. The van der Waals surface area contributed by atoms with Crippen LogP contribution in [0.5, 0.6) is 0 Å². The highest BCUT2D eigenvalue weighted by atomic mass is 32.2. The lowest BCUT2D eigenvalue weighted by Gasteiger charge is -2.32. The van der Waals surface area contributed by atoms with Gasteiger partial charge in [-0.25, -0.2) is 12.8 Å². The molecular weight excluding hydrogens is 417 g/mol. The Kier molecular flexibility index (Phi) is 6.29. The third kappa shape index (κ3) is 4.75. The van der Waals surface area contributed by atoms with Crippen molar-refractivity contribution >= 4 is 27.3 Å². The van der Waals surface area contributed by atoms with Gasteiger partial charge in [0, 0.05) is 31.0 Å². The first-order chi connectivity index (χ1) is 14.8. The van der Waals surface area contributed by atoms with Crippen LogP contribution in [0.2, 0.25) is 0 Å². The van der Waals surface area contributed by atoms with Crippen molar-refractivity contribution in [1.82, 2.24) is 4.31 Å². The maximum atomic E-state index is 13.2. The highest BCUT2D eigenvalue weighted by Gasteiger charge is 2.39. The highest BCUT2D eigenvalue weighted by molar-refractivity contribution is 7.89. The van der Waals surface area contributed by atoms with Gasteiger partial charge in [-0.15, -0.1) is 0 Å². The molecule has 0 aliphatic carbocycles. The lowest BCUT2D eigenvalue weighted by molar-refractivity contribution is -0.119. The molecule has 166 valence electrons. The van der Waals surface area contributed by atoms with Crippen LogP contribution in [0.4, 0.5) is 15.8 Å². The summed E-state index contributed by atoms with van der Waals surface area (Å²) in [6, 6.07) is 11.6. The number of piperidine rings is 1. The summed E-state index contributed by atoms with van der Waals surface area (Å²) in [5.41, 5.74) is 1.77. The molecule has 31 heavy (non-hydrogen) atoms. The largest absolute Gasteiger partial charge is 0.372 e. The normalized spacial score (nSPS) is 20.7. The van der Waals surface area contributed by atoms with Crippen molar-refractivity contribution in [1.29, 1.82) is 0 Å². The van der Waals surface area contributed by atoms with Gasteiger partial charge < -0.3 is 10.2 Å². The number of hydrogen-bond donors (Lipinski definition) is 1. The predicted octanol–water partition coefficient (Wildman–Crippen LogP) is 3.85. The molecule has 1 N–H and O–H groups in total. The third-order valence-corrected chi connectivity index (χ3v) is 8.13. The molecule has 0 radical (unpaired) electrons. The van der Waals surface area contributed by atoms with Gasteiger partial charge in [0.25, 0.3) is 0 Å². The minimum Gasteiger partial charge on any atom is -0.372 e. The molecule has 1 amide bonds. The van der Waals surface area contributed by atoms with Crippen LogP contribution in [0.15, 0.2) is 53.4 Å². The minimum atomic E-state index is -3.87. The summed E-state index contributed by atoms with van der Waals surface area (Å²) in [5, 5.41) is 2.86. The van der Waals surface area contributed by atoms with E-state index < -0.39 is 21.9 Å². The lowest BCUT2D eigenvalue weighted by atomic mass is 9.99. The van der Waals surface area contributed by atoms with Crippen LogP contribution < -0.4 is 10.2 Å². The minimum absolute atomic E-state index is 0.00574. The van der Waals surface area contributed by atoms with Crippen molar-refractivity contribution in [3.63, 3.8) is 0 Å². The van der Waals surface area contributed by atoms with Gasteiger partial charge in [-0.05, 0) is 80.1 Å². The van der Waals surface area contributed by atoms with Gasteiger partial charge in [-0.3, -0.25) is 4.79 Å². The van der Waals surface area contributed by atoms with Gasteiger partial charge in [-0.2, -0.15) is 4.31 Å². The van der Waals surface area contributed by atoms with E-state index in [1.807, 2.05) is 24.3 Å². The van der Waals surface area contributed by atoms with Gasteiger partial charge in [0.1, 0.15) is 11.9 Å². The van der Waals surface area contributed by atoms with E-state index in [0.29, 0.717) is 18.5 Å². The van der Waals surface area contributed by atoms with Crippen molar-refractivity contribution in [3.8, 4) is 0 Å². The van der Waals surface area contributed by atoms with Crippen molar-refractivity contribution < 1.29 is 17.6 Å². The van der Waals surface area contributed by atoms with E-state index in [9.17, 15) is 17.6 Å². The molecule has 2 aromatic carbocycles. The van der Waals surface area contributed by atoms with Crippen molar-refractivity contribution in [2.75, 3.05) is 29.9 Å². The maximum absolute atomic E-state index is 13.2. The highest BCUT2D eigenvalue weighted by Crippen LogP contribution is 2.28. The molecule has 0 spiro atoms. The summed E-state index contributed by atoms with van der Waals surface area (Å²) in [5.74, 6) is -0.0877. The van der Waals surface area contributed by atoms with Gasteiger partial charge >= 0.3 is 0 Å². The van der Waals surface area contributed by atoms with Crippen LogP contribution in [0, 0.1) is 11.7 Å². The van der Waals surface area contributed by atoms with E-state index in [4.69, 9.17) is 0 Å². The third-order valence-electron chi connectivity index (χ3n) is 6.21. The van der Waals surface area contributed by atoms with E-state index >= 15 is 0 Å². The average Bonchev–Trinajstić information content (AvgIpc) is 3.26. The van der Waals surface area contributed by atoms with Crippen LogP contribution in [-0.2, 0) is 14.8 Å². The van der Waals surface area contributed by atoms with Crippen LogP contribution in [0.25, 0.3) is 0 Å². The average molecular weight is 446 g/mol. The topological polar surface area (TPSA) is 69.7 Å². The number of anilines is 2. The van der Waals surface area contributed by atoms with Gasteiger partial charge in [0.15, 0.2) is 0 Å². The zero-order valence-corrected chi connectivity index (χ0v) is 18.4. The summed E-state index contributed by atoms with van der Waals surface area (Å²) < 4.78 is 40.4. The molecule has 2 aliphatic heterocycles. The first kappa shape index (κ1) is 21.8. The van der Waals surface area contributed by atoms with Gasteiger partial charge in [0.2, 0.25) is 15.9 Å². The SMILES string of the molecule is CC1CCN(c2ccc(NC(=O)[C@@H]3CCCN3S(=O)(=O)c3ccc(F)cc3)cc2)CC1. The number of rotatable bonds is 5. The zero-order valence-electron chi connectivity index (χ0n) is 17.6. The molecule has 2 saturated heterocycles. The molecule has 0 unspecified atom stereocenters. The molecule has 2 fully saturated rings. The van der Waals surface area contributed by atoms with Crippen LogP contribution in [0.1, 0.15) is 32.6 Å². The summed E-state index contributed by atoms with van der Waals surface area (Å²) in [4.78, 5) is 15.2. The van der Waals surface area contributed by atoms with Crippen molar-refractivity contribution in [2.24, 2.45) is 5.92 Å². The number of sulfonamides is 1. The second kappa shape index (κ2) is 8.96. The zero-order chi connectivity index (χ0) is 22.0. The Bertz CT molecular complexity index is 1020. The maximum Gasteiger partial charge on any atom is 0.243 e. The molecular formula is C23H28FN3O3S. The van der Waals surface area contributed by atoms with Crippen LogP contribution in [-0.4, -0.2) is 44.3 Å². The van der Waals surface area contributed by atoms with E-state index in [0.717, 1.165) is 36.8 Å². The molecule has 0 aromatic heterocycles. The molecule has 8 heteroatoms. The Morgan fingerprint density at radius 2 is 1.61 bits per heavy atom. The molecule has 4 rings (SSSR count). The Labute approximate surface area is 183 Å². The number of carbonyl (C=O) groups excluding carboxylic acids is 1. The molecule has 6 nitrogen and oxygen atoms in total. The van der Waals surface area contributed by atoms with Crippen LogP contribution >= 0.6 is 0 Å². The fraction of sp³-hybridized carbons (Fsp3) is 0.435. The summed E-state index contributed by atoms with van der Waals surface area (Å²) in [6.07, 6.45) is 3.41. The Morgan fingerprint density at radius 1 is 0.968 bits per heavy atom. The number of amides is 1. The van der Waals surface area contributed by atoms with E-state index in [2.05, 4.69) is 17.1 Å². The summed E-state index contributed by atoms with van der Waals surface area (Å²) in [6.45, 7) is 4.61. The first-order valence-electron chi connectivity index (χ1n) is 10.8. The molecule has 2 aliphatic rings. The second-order valence-electron chi connectivity index (χ2n) is 8.43. The van der Waals surface area contributed by atoms with E-state index in [1.54, 1.807) is 0 Å². The van der Waals surface area contributed by atoms with Gasteiger partial charge in [-0.1, -0.05) is 6.92 Å². The van der Waals surface area contributed by atoms with Crippen molar-refractivity contribution in [2.45, 2.75) is 43.5 Å². The Hall–Kier alpha value is -2.45. The number of nitrogens with zero attached hydrogens (tertiary/aromatic N) is 2.